The molecule has 0 aromatic carbocycles. The molecule has 126 valence electrons. The predicted molar refractivity (Wildman–Crippen MR) is 98.9 cm³/mol. The van der Waals surface area contributed by atoms with Crippen LogP contribution in [0.2, 0.25) is 0 Å². The van der Waals surface area contributed by atoms with Gasteiger partial charge in [-0.15, -0.1) is 11.3 Å². The number of rotatable bonds is 4. The number of anilines is 1. The molecule has 1 aliphatic heterocycles. The highest BCUT2D eigenvalue weighted by atomic mass is 32.1. The number of imidazole rings is 1. The molecule has 5 nitrogen and oxygen atoms in total. The molecule has 0 radical (unpaired) electrons. The maximum atomic E-state index is 5.45. The van der Waals surface area contributed by atoms with Crippen molar-refractivity contribution in [3.05, 3.63) is 29.1 Å². The molecule has 0 spiro atoms. The van der Waals surface area contributed by atoms with E-state index < -0.39 is 0 Å². The van der Waals surface area contributed by atoms with E-state index in [1.807, 2.05) is 0 Å². The van der Waals surface area contributed by atoms with Crippen molar-refractivity contribution in [1.29, 1.82) is 0 Å². The number of thiophene rings is 1. The molecule has 0 saturated carbocycles. The molecule has 1 saturated heterocycles. The molecule has 0 N–H and O–H groups in total. The number of aryl methyl sites for hydroxylation is 2. The second kappa shape index (κ2) is 6.53. The van der Waals surface area contributed by atoms with Crippen molar-refractivity contribution in [3.63, 3.8) is 0 Å². The summed E-state index contributed by atoms with van der Waals surface area (Å²) >= 11 is 1.79. The summed E-state index contributed by atoms with van der Waals surface area (Å²) in [5.74, 6) is 2.06. The normalized spacial score (nSPS) is 15.3. The second-order valence-electron chi connectivity index (χ2n) is 6.11. The van der Waals surface area contributed by atoms with Crippen LogP contribution in [-0.2, 0) is 11.3 Å². The van der Waals surface area contributed by atoms with Crippen LogP contribution in [-0.4, -0.2) is 40.8 Å². The van der Waals surface area contributed by atoms with E-state index in [9.17, 15) is 0 Å². The van der Waals surface area contributed by atoms with Crippen molar-refractivity contribution in [3.8, 4) is 10.7 Å². The van der Waals surface area contributed by atoms with Crippen LogP contribution in [0.15, 0.2) is 24.3 Å². The van der Waals surface area contributed by atoms with Crippen molar-refractivity contribution in [2.24, 2.45) is 0 Å². The molecule has 0 bridgehead atoms. The van der Waals surface area contributed by atoms with E-state index in [-0.39, 0.29) is 0 Å². The lowest BCUT2D eigenvalue weighted by Gasteiger charge is -2.27. The molecule has 0 aliphatic carbocycles. The molecule has 0 atom stereocenters. The molecule has 3 aromatic rings. The first-order valence-corrected chi connectivity index (χ1v) is 9.34. The molecule has 0 unspecified atom stereocenters. The van der Waals surface area contributed by atoms with Gasteiger partial charge in [0, 0.05) is 24.5 Å². The average molecular weight is 342 g/mol. The molecule has 24 heavy (non-hydrogen) atoms. The number of fused-ring (bicyclic) bond motifs is 1. The Hall–Kier alpha value is -1.92. The molecular weight excluding hydrogens is 320 g/mol. The Bertz CT molecular complexity index is 848. The highest BCUT2D eigenvalue weighted by Crippen LogP contribution is 2.30. The predicted octanol–water partition coefficient (Wildman–Crippen LogP) is 3.71. The number of aromatic nitrogens is 3. The van der Waals surface area contributed by atoms with Crippen LogP contribution in [0.1, 0.15) is 18.2 Å². The van der Waals surface area contributed by atoms with E-state index in [0.29, 0.717) is 0 Å². The Kier molecular flexibility index (Phi) is 4.24. The van der Waals surface area contributed by atoms with Crippen LogP contribution in [0.5, 0.6) is 0 Å². The lowest BCUT2D eigenvalue weighted by atomic mass is 10.3. The minimum atomic E-state index is 0.771. The van der Waals surface area contributed by atoms with Gasteiger partial charge in [-0.3, -0.25) is 0 Å². The summed E-state index contributed by atoms with van der Waals surface area (Å²) in [6, 6.07) is 8.50. The van der Waals surface area contributed by atoms with E-state index >= 15 is 0 Å². The summed E-state index contributed by atoms with van der Waals surface area (Å²) in [5.41, 5.74) is 1.96. The molecule has 4 rings (SSSR count). The van der Waals surface area contributed by atoms with Gasteiger partial charge in [0.25, 0.3) is 0 Å². The van der Waals surface area contributed by atoms with Crippen molar-refractivity contribution in [2.75, 3.05) is 31.2 Å². The fourth-order valence-corrected chi connectivity index (χ4v) is 4.00. The topological polar surface area (TPSA) is 43.2 Å². The number of hydrogen-bond donors (Lipinski definition) is 0. The van der Waals surface area contributed by atoms with Crippen LogP contribution >= 0.6 is 11.3 Å². The first-order valence-electron chi connectivity index (χ1n) is 8.53. The van der Waals surface area contributed by atoms with Gasteiger partial charge in [-0.05, 0) is 37.6 Å². The van der Waals surface area contributed by atoms with Crippen LogP contribution in [0.25, 0.3) is 21.9 Å². The molecule has 3 aromatic heterocycles. The molecule has 1 fully saturated rings. The Morgan fingerprint density at radius 1 is 1.12 bits per heavy atom. The van der Waals surface area contributed by atoms with E-state index in [0.717, 1.165) is 62.1 Å². The first-order chi connectivity index (χ1) is 11.8. The van der Waals surface area contributed by atoms with Gasteiger partial charge in [-0.2, -0.15) is 0 Å². The maximum Gasteiger partial charge on any atom is 0.162 e. The van der Waals surface area contributed by atoms with Gasteiger partial charge in [0.15, 0.2) is 11.5 Å². The molecule has 1 aliphatic rings. The number of pyridine rings is 1. The molecule has 4 heterocycles. The third kappa shape index (κ3) is 2.80. The smallest absolute Gasteiger partial charge is 0.162 e. The van der Waals surface area contributed by atoms with Gasteiger partial charge in [-0.1, -0.05) is 6.92 Å². The fraction of sp³-hybridized carbons (Fsp3) is 0.444. The minimum absolute atomic E-state index is 0.771. The fourth-order valence-electron chi connectivity index (χ4n) is 3.14. The largest absolute Gasteiger partial charge is 0.378 e. The highest BCUT2D eigenvalue weighted by molar-refractivity contribution is 7.15. The van der Waals surface area contributed by atoms with E-state index in [1.165, 1.54) is 9.75 Å². The van der Waals surface area contributed by atoms with Crippen LogP contribution in [0.4, 0.5) is 5.82 Å². The van der Waals surface area contributed by atoms with Crippen molar-refractivity contribution in [2.45, 2.75) is 26.8 Å². The van der Waals surface area contributed by atoms with Crippen molar-refractivity contribution < 1.29 is 4.74 Å². The van der Waals surface area contributed by atoms with E-state index in [2.05, 4.69) is 47.6 Å². The summed E-state index contributed by atoms with van der Waals surface area (Å²) in [6.45, 7) is 8.61. The minimum Gasteiger partial charge on any atom is -0.378 e. The van der Waals surface area contributed by atoms with Crippen molar-refractivity contribution >= 4 is 28.3 Å². The summed E-state index contributed by atoms with van der Waals surface area (Å²) < 4.78 is 7.72. The van der Waals surface area contributed by atoms with Gasteiger partial charge in [0.2, 0.25) is 0 Å². The van der Waals surface area contributed by atoms with Gasteiger partial charge < -0.3 is 14.2 Å². The Labute approximate surface area is 145 Å². The van der Waals surface area contributed by atoms with Crippen LogP contribution < -0.4 is 4.90 Å². The Morgan fingerprint density at radius 3 is 2.67 bits per heavy atom. The van der Waals surface area contributed by atoms with E-state index in [1.54, 1.807) is 11.3 Å². The molecule has 6 heteroatoms. The SMILES string of the molecule is CCCn1c(-c2ccc(C)s2)nc2ccc(N3CCOCC3)nc21. The number of nitrogens with zero attached hydrogens (tertiary/aromatic N) is 4. The lowest BCUT2D eigenvalue weighted by Crippen LogP contribution is -2.36. The van der Waals surface area contributed by atoms with Crippen LogP contribution in [0, 0.1) is 6.92 Å². The maximum absolute atomic E-state index is 5.45. The summed E-state index contributed by atoms with van der Waals surface area (Å²) in [6.07, 6.45) is 1.06. The summed E-state index contributed by atoms with van der Waals surface area (Å²) in [7, 11) is 0. The second-order valence-corrected chi connectivity index (χ2v) is 7.40. The Morgan fingerprint density at radius 2 is 1.96 bits per heavy atom. The van der Waals surface area contributed by atoms with Crippen LogP contribution in [0.3, 0.4) is 0 Å². The van der Waals surface area contributed by atoms with Gasteiger partial charge in [0.05, 0.1) is 18.1 Å². The zero-order valence-electron chi connectivity index (χ0n) is 14.2. The summed E-state index contributed by atoms with van der Waals surface area (Å²) in [4.78, 5) is 14.6. The monoisotopic (exact) mass is 342 g/mol. The van der Waals surface area contributed by atoms with Crippen molar-refractivity contribution in [1.82, 2.24) is 14.5 Å². The Balaban J connectivity index is 1.81. The standard InChI is InChI=1S/C18H22N4OS/c1-3-8-22-17-14(19-18(22)15-6-4-13(2)24-15)5-7-16(20-17)21-9-11-23-12-10-21/h4-7H,3,8-12H2,1-2H3. The molecular formula is C18H22N4OS. The quantitative estimate of drug-likeness (QED) is 0.725. The first kappa shape index (κ1) is 15.6. The third-order valence-corrected chi connectivity index (χ3v) is 5.32. The lowest BCUT2D eigenvalue weighted by molar-refractivity contribution is 0.122. The van der Waals surface area contributed by atoms with Gasteiger partial charge >= 0.3 is 0 Å². The van der Waals surface area contributed by atoms with Gasteiger partial charge in [0.1, 0.15) is 11.3 Å². The van der Waals surface area contributed by atoms with E-state index in [4.69, 9.17) is 14.7 Å². The highest BCUT2D eigenvalue weighted by Gasteiger charge is 2.18. The number of hydrogen-bond acceptors (Lipinski definition) is 5. The molecule has 0 amide bonds. The zero-order valence-corrected chi connectivity index (χ0v) is 15.0. The summed E-state index contributed by atoms with van der Waals surface area (Å²) in [5, 5.41) is 0. The third-order valence-electron chi connectivity index (χ3n) is 4.32. The average Bonchev–Trinajstić information content (AvgIpc) is 3.19. The number of morpholine rings is 1. The van der Waals surface area contributed by atoms with Gasteiger partial charge in [-0.25, -0.2) is 9.97 Å². The number of ether oxygens (including phenoxy) is 1. The zero-order chi connectivity index (χ0) is 16.5.